The van der Waals surface area contributed by atoms with E-state index in [1.165, 1.54) is 0 Å². The number of aromatic nitrogens is 2. The molecule has 26 heavy (non-hydrogen) atoms. The zero-order chi connectivity index (χ0) is 18.5. The number of nitrogens with zero attached hydrogens (tertiary/aromatic N) is 5. The first-order chi connectivity index (χ1) is 12.6. The fourth-order valence-electron chi connectivity index (χ4n) is 3.04. The molecule has 1 saturated heterocycles. The second-order valence-corrected chi connectivity index (χ2v) is 6.53. The lowest BCUT2D eigenvalue weighted by atomic mass is 10.2. The molecule has 1 amide bonds. The van der Waals surface area contributed by atoms with Crippen LogP contribution in [0.25, 0.3) is 0 Å². The summed E-state index contributed by atoms with van der Waals surface area (Å²) in [6.45, 7) is 5.86. The summed E-state index contributed by atoms with van der Waals surface area (Å²) in [6, 6.07) is 8.03. The van der Waals surface area contributed by atoms with Crippen LogP contribution in [0.15, 0.2) is 28.9 Å². The summed E-state index contributed by atoms with van der Waals surface area (Å²) >= 11 is 0. The molecule has 1 aromatic carbocycles. The Kier molecular flexibility index (Phi) is 5.72. The third kappa shape index (κ3) is 4.32. The van der Waals surface area contributed by atoms with E-state index in [4.69, 9.17) is 9.37 Å². The first-order valence-corrected chi connectivity index (χ1v) is 8.70. The smallest absolute Gasteiger partial charge is 0.236 e. The van der Waals surface area contributed by atoms with Crippen molar-refractivity contribution in [3.05, 3.63) is 35.7 Å². The predicted molar refractivity (Wildman–Crippen MR) is 97.2 cm³/mol. The van der Waals surface area contributed by atoms with Gasteiger partial charge in [-0.3, -0.25) is 9.69 Å². The Bertz CT molecular complexity index is 723. The van der Waals surface area contributed by atoms with E-state index >= 15 is 0 Å². The van der Waals surface area contributed by atoms with Crippen LogP contribution in [0.4, 0.5) is 5.69 Å². The Morgan fingerprint density at radius 2 is 1.88 bits per heavy atom. The first kappa shape index (κ1) is 18.2. The number of piperazine rings is 1. The Labute approximate surface area is 153 Å². The molecule has 0 radical (unpaired) electrons. The third-order valence-corrected chi connectivity index (χ3v) is 4.64. The average molecular weight is 359 g/mol. The molecule has 0 saturated carbocycles. The van der Waals surface area contributed by atoms with Crippen LogP contribution in [-0.2, 0) is 11.3 Å². The molecule has 0 aliphatic carbocycles. The SMILES string of the molecule is COc1ccc(N2CCN(C(=O)CN(C)Cc3nonc3C)CC2)cc1. The minimum atomic E-state index is 0.135. The summed E-state index contributed by atoms with van der Waals surface area (Å²) in [6.07, 6.45) is 0. The van der Waals surface area contributed by atoms with E-state index in [9.17, 15) is 4.79 Å². The lowest BCUT2D eigenvalue weighted by Gasteiger charge is -2.36. The van der Waals surface area contributed by atoms with Crippen molar-refractivity contribution in [2.24, 2.45) is 0 Å². The van der Waals surface area contributed by atoms with Crippen LogP contribution in [-0.4, -0.2) is 72.9 Å². The topological polar surface area (TPSA) is 74.9 Å². The number of carbonyl (C=O) groups excluding carboxylic acids is 1. The van der Waals surface area contributed by atoms with E-state index in [1.807, 2.05) is 35.9 Å². The van der Waals surface area contributed by atoms with Crippen LogP contribution in [0, 0.1) is 6.92 Å². The number of likely N-dealkylation sites (N-methyl/N-ethyl adjacent to an activating group) is 1. The monoisotopic (exact) mass is 359 g/mol. The minimum absolute atomic E-state index is 0.135. The van der Waals surface area contributed by atoms with Gasteiger partial charge in [0.25, 0.3) is 0 Å². The second kappa shape index (κ2) is 8.18. The number of hydrogen-bond donors (Lipinski definition) is 0. The maximum atomic E-state index is 12.5. The molecule has 0 N–H and O–H groups in total. The summed E-state index contributed by atoms with van der Waals surface area (Å²) in [4.78, 5) is 18.7. The number of carbonyl (C=O) groups is 1. The van der Waals surface area contributed by atoms with Crippen LogP contribution in [0.1, 0.15) is 11.4 Å². The van der Waals surface area contributed by atoms with Crippen LogP contribution in [0.5, 0.6) is 5.75 Å². The molecule has 1 aliphatic rings. The molecule has 2 heterocycles. The molecule has 1 aliphatic heterocycles. The van der Waals surface area contributed by atoms with Crippen molar-refractivity contribution < 1.29 is 14.2 Å². The van der Waals surface area contributed by atoms with Gasteiger partial charge in [0.2, 0.25) is 5.91 Å². The molecule has 0 spiro atoms. The van der Waals surface area contributed by atoms with Crippen molar-refractivity contribution in [2.45, 2.75) is 13.5 Å². The largest absolute Gasteiger partial charge is 0.497 e. The van der Waals surface area contributed by atoms with Gasteiger partial charge < -0.3 is 14.5 Å². The Balaban J connectivity index is 1.47. The number of anilines is 1. The Morgan fingerprint density at radius 1 is 1.19 bits per heavy atom. The molecular weight excluding hydrogens is 334 g/mol. The van der Waals surface area contributed by atoms with Crippen molar-refractivity contribution in [1.82, 2.24) is 20.1 Å². The number of amides is 1. The molecule has 8 nitrogen and oxygen atoms in total. The lowest BCUT2D eigenvalue weighted by molar-refractivity contribution is -0.132. The van der Waals surface area contributed by atoms with Crippen molar-refractivity contribution >= 4 is 11.6 Å². The molecule has 140 valence electrons. The van der Waals surface area contributed by atoms with Crippen LogP contribution < -0.4 is 9.64 Å². The zero-order valence-corrected chi connectivity index (χ0v) is 15.5. The molecule has 3 rings (SSSR count). The molecule has 0 atom stereocenters. The van der Waals surface area contributed by atoms with Gasteiger partial charge in [-0.05, 0) is 38.2 Å². The van der Waals surface area contributed by atoms with Gasteiger partial charge in [-0.15, -0.1) is 0 Å². The van der Waals surface area contributed by atoms with Gasteiger partial charge in [0.15, 0.2) is 0 Å². The maximum absolute atomic E-state index is 12.5. The quantitative estimate of drug-likeness (QED) is 0.766. The highest BCUT2D eigenvalue weighted by molar-refractivity contribution is 5.78. The van der Waals surface area contributed by atoms with Gasteiger partial charge >= 0.3 is 0 Å². The van der Waals surface area contributed by atoms with Crippen molar-refractivity contribution in [3.63, 3.8) is 0 Å². The number of benzene rings is 1. The number of methoxy groups -OCH3 is 1. The molecule has 2 aromatic rings. The normalized spacial score (nSPS) is 14.8. The molecule has 1 aromatic heterocycles. The van der Waals surface area contributed by atoms with Crippen LogP contribution >= 0.6 is 0 Å². The van der Waals surface area contributed by atoms with Crippen LogP contribution in [0.3, 0.4) is 0 Å². The first-order valence-electron chi connectivity index (χ1n) is 8.70. The molecule has 1 fully saturated rings. The Hall–Kier alpha value is -2.61. The van der Waals surface area contributed by atoms with E-state index < -0.39 is 0 Å². The highest BCUT2D eigenvalue weighted by Gasteiger charge is 2.22. The number of hydrogen-bond acceptors (Lipinski definition) is 7. The number of ether oxygens (including phenoxy) is 1. The third-order valence-electron chi connectivity index (χ3n) is 4.64. The summed E-state index contributed by atoms with van der Waals surface area (Å²) in [5, 5.41) is 7.63. The van der Waals surface area contributed by atoms with Crippen molar-refractivity contribution in [1.29, 1.82) is 0 Å². The zero-order valence-electron chi connectivity index (χ0n) is 15.5. The van der Waals surface area contributed by atoms with Gasteiger partial charge in [-0.1, -0.05) is 10.3 Å². The van der Waals surface area contributed by atoms with Crippen molar-refractivity contribution in [3.8, 4) is 5.75 Å². The van der Waals surface area contributed by atoms with E-state index in [0.29, 0.717) is 13.1 Å². The molecule has 8 heteroatoms. The van der Waals surface area contributed by atoms with Gasteiger partial charge in [-0.2, -0.15) is 0 Å². The van der Waals surface area contributed by atoms with Gasteiger partial charge in [0, 0.05) is 38.4 Å². The molecular formula is C18H25N5O3. The summed E-state index contributed by atoms with van der Waals surface area (Å²) in [5.74, 6) is 0.985. The predicted octanol–water partition coefficient (Wildman–Crippen LogP) is 1.17. The Morgan fingerprint density at radius 3 is 2.46 bits per heavy atom. The maximum Gasteiger partial charge on any atom is 0.236 e. The van der Waals surface area contributed by atoms with Gasteiger partial charge in [0.05, 0.1) is 13.7 Å². The fourth-order valence-corrected chi connectivity index (χ4v) is 3.04. The lowest BCUT2D eigenvalue weighted by Crippen LogP contribution is -2.51. The van der Waals surface area contributed by atoms with Crippen molar-refractivity contribution in [2.75, 3.05) is 51.8 Å². The molecule has 0 unspecified atom stereocenters. The van der Waals surface area contributed by atoms with Gasteiger partial charge in [0.1, 0.15) is 17.1 Å². The number of rotatable bonds is 6. The summed E-state index contributed by atoms with van der Waals surface area (Å²) in [5.41, 5.74) is 2.69. The summed E-state index contributed by atoms with van der Waals surface area (Å²) in [7, 11) is 3.57. The molecule has 0 bridgehead atoms. The summed E-state index contributed by atoms with van der Waals surface area (Å²) < 4.78 is 9.90. The standard InChI is InChI=1S/C18H25N5O3/c1-14-17(20-26-19-14)12-21(2)13-18(24)23-10-8-22(9-11-23)15-4-6-16(25-3)7-5-15/h4-7H,8-13H2,1-3H3. The van der Waals surface area contributed by atoms with E-state index in [0.717, 1.165) is 49.0 Å². The number of aryl methyl sites for hydroxylation is 1. The minimum Gasteiger partial charge on any atom is -0.497 e. The van der Waals surface area contributed by atoms with E-state index in [2.05, 4.69) is 27.3 Å². The second-order valence-electron chi connectivity index (χ2n) is 6.53. The van der Waals surface area contributed by atoms with E-state index in [-0.39, 0.29) is 5.91 Å². The highest BCUT2D eigenvalue weighted by atomic mass is 16.6. The van der Waals surface area contributed by atoms with E-state index in [1.54, 1.807) is 7.11 Å². The highest BCUT2D eigenvalue weighted by Crippen LogP contribution is 2.20. The fraction of sp³-hybridized carbons (Fsp3) is 0.500. The van der Waals surface area contributed by atoms with Gasteiger partial charge in [-0.25, -0.2) is 4.63 Å². The van der Waals surface area contributed by atoms with Crippen LogP contribution in [0.2, 0.25) is 0 Å². The average Bonchev–Trinajstić information content (AvgIpc) is 3.06.